The molecule has 0 saturated heterocycles. The molecule has 0 saturated carbocycles. The molecule has 0 unspecified atom stereocenters. The van der Waals surface area contributed by atoms with Crippen LogP contribution in [0.3, 0.4) is 0 Å². The second-order valence-electron chi connectivity index (χ2n) is 8.47. The smallest absolute Gasteiger partial charge is 0.272 e. The number of nitrogens with one attached hydrogen (secondary N) is 1. The molecule has 4 aromatic rings. The van der Waals surface area contributed by atoms with Crippen molar-refractivity contribution in [3.63, 3.8) is 0 Å². The Kier molecular flexibility index (Phi) is 6.32. The number of benzene rings is 2. The van der Waals surface area contributed by atoms with Gasteiger partial charge in [0, 0.05) is 23.5 Å². The molecule has 1 aliphatic heterocycles. The number of anilines is 1. The Morgan fingerprint density at radius 1 is 1.17 bits per heavy atom. The van der Waals surface area contributed by atoms with Gasteiger partial charge in [0.25, 0.3) is 5.95 Å². The second kappa shape index (κ2) is 9.73. The molecule has 36 heavy (non-hydrogen) atoms. The molecule has 184 valence electrons. The first-order valence-electron chi connectivity index (χ1n) is 11.6. The van der Waals surface area contributed by atoms with Crippen molar-refractivity contribution < 1.29 is 18.7 Å². The SMILES string of the molecule is CCCOc1ccc([C@H]2CC(=O)Nc3c2c(C)nn3-c2nncc(-c3ccc(F)cc3)n2)cc1OC. The summed E-state index contributed by atoms with van der Waals surface area (Å²) in [5.41, 5.74) is 3.71. The predicted octanol–water partition coefficient (Wildman–Crippen LogP) is 4.44. The van der Waals surface area contributed by atoms with Crippen molar-refractivity contribution in [2.45, 2.75) is 32.6 Å². The quantitative estimate of drug-likeness (QED) is 0.410. The van der Waals surface area contributed by atoms with Crippen molar-refractivity contribution in [2.75, 3.05) is 19.0 Å². The van der Waals surface area contributed by atoms with Gasteiger partial charge in [-0.25, -0.2) is 9.37 Å². The molecule has 2 aromatic carbocycles. The monoisotopic (exact) mass is 488 g/mol. The lowest BCUT2D eigenvalue weighted by Gasteiger charge is -2.25. The number of carbonyl (C=O) groups is 1. The third-order valence-electron chi connectivity index (χ3n) is 6.03. The van der Waals surface area contributed by atoms with Crippen LogP contribution in [0.15, 0.2) is 48.7 Å². The topological polar surface area (TPSA) is 104 Å². The Bertz CT molecular complexity index is 1420. The highest BCUT2D eigenvalue weighted by molar-refractivity contribution is 5.95. The van der Waals surface area contributed by atoms with Crippen LogP contribution in [0.25, 0.3) is 17.2 Å². The van der Waals surface area contributed by atoms with Crippen LogP contribution in [-0.4, -0.2) is 44.6 Å². The minimum absolute atomic E-state index is 0.151. The van der Waals surface area contributed by atoms with Crippen LogP contribution in [0.2, 0.25) is 0 Å². The molecular weight excluding hydrogens is 463 g/mol. The summed E-state index contributed by atoms with van der Waals surface area (Å²) in [6, 6.07) is 11.7. The molecule has 1 atom stereocenters. The first kappa shape index (κ1) is 23.4. The van der Waals surface area contributed by atoms with Gasteiger partial charge >= 0.3 is 0 Å². The number of aromatic nitrogens is 5. The molecule has 0 spiro atoms. The van der Waals surface area contributed by atoms with E-state index >= 15 is 0 Å². The summed E-state index contributed by atoms with van der Waals surface area (Å²) in [5, 5.41) is 15.8. The van der Waals surface area contributed by atoms with Crippen molar-refractivity contribution in [1.82, 2.24) is 25.0 Å². The van der Waals surface area contributed by atoms with E-state index in [-0.39, 0.29) is 30.0 Å². The highest BCUT2D eigenvalue weighted by Gasteiger charge is 2.33. The zero-order valence-electron chi connectivity index (χ0n) is 20.2. The van der Waals surface area contributed by atoms with Gasteiger partial charge in [-0.3, -0.25) is 4.79 Å². The molecule has 3 heterocycles. The van der Waals surface area contributed by atoms with E-state index in [4.69, 9.17) is 9.47 Å². The maximum absolute atomic E-state index is 13.4. The van der Waals surface area contributed by atoms with Gasteiger partial charge in [0.15, 0.2) is 11.5 Å². The van der Waals surface area contributed by atoms with Crippen LogP contribution < -0.4 is 14.8 Å². The Morgan fingerprint density at radius 2 is 1.97 bits per heavy atom. The molecule has 0 aliphatic carbocycles. The molecule has 2 aromatic heterocycles. The van der Waals surface area contributed by atoms with Gasteiger partial charge in [0.1, 0.15) is 11.6 Å². The van der Waals surface area contributed by atoms with Crippen LogP contribution in [0.4, 0.5) is 10.2 Å². The van der Waals surface area contributed by atoms with Gasteiger partial charge < -0.3 is 14.8 Å². The molecule has 1 aliphatic rings. The summed E-state index contributed by atoms with van der Waals surface area (Å²) in [5.74, 6) is 1.23. The third kappa shape index (κ3) is 4.37. The van der Waals surface area contributed by atoms with E-state index in [1.807, 2.05) is 32.0 Å². The van der Waals surface area contributed by atoms with Crippen LogP contribution in [-0.2, 0) is 4.79 Å². The normalized spacial score (nSPS) is 14.8. The van der Waals surface area contributed by atoms with E-state index in [1.165, 1.54) is 23.0 Å². The van der Waals surface area contributed by atoms with E-state index in [0.717, 1.165) is 23.2 Å². The molecule has 0 fully saturated rings. The van der Waals surface area contributed by atoms with Gasteiger partial charge in [0.2, 0.25) is 5.91 Å². The number of amides is 1. The second-order valence-corrected chi connectivity index (χ2v) is 8.47. The van der Waals surface area contributed by atoms with Gasteiger partial charge in [0.05, 0.1) is 31.3 Å². The highest BCUT2D eigenvalue weighted by Crippen LogP contribution is 2.42. The number of fused-ring (bicyclic) bond motifs is 1. The van der Waals surface area contributed by atoms with Crippen LogP contribution in [0.5, 0.6) is 11.5 Å². The van der Waals surface area contributed by atoms with Crippen LogP contribution >= 0.6 is 0 Å². The molecule has 1 N–H and O–H groups in total. The number of methoxy groups -OCH3 is 1. The lowest BCUT2D eigenvalue weighted by molar-refractivity contribution is -0.116. The minimum Gasteiger partial charge on any atom is -0.493 e. The number of nitrogens with zero attached hydrogens (tertiary/aromatic N) is 5. The van der Waals surface area contributed by atoms with Gasteiger partial charge in [-0.05, 0) is 55.3 Å². The highest BCUT2D eigenvalue weighted by atomic mass is 19.1. The summed E-state index contributed by atoms with van der Waals surface area (Å²) in [4.78, 5) is 17.4. The predicted molar refractivity (Wildman–Crippen MR) is 131 cm³/mol. The van der Waals surface area contributed by atoms with Crippen molar-refractivity contribution in [3.8, 4) is 28.7 Å². The van der Waals surface area contributed by atoms with Crippen molar-refractivity contribution in [1.29, 1.82) is 0 Å². The summed E-state index contributed by atoms with van der Waals surface area (Å²) < 4.78 is 26.2. The lowest BCUT2D eigenvalue weighted by atomic mass is 9.85. The molecule has 0 bridgehead atoms. The van der Waals surface area contributed by atoms with Gasteiger partial charge in [-0.15, -0.1) is 5.10 Å². The van der Waals surface area contributed by atoms with E-state index in [9.17, 15) is 9.18 Å². The minimum atomic E-state index is -0.340. The fourth-order valence-electron chi connectivity index (χ4n) is 4.35. The van der Waals surface area contributed by atoms with Crippen molar-refractivity contribution in [3.05, 3.63) is 71.3 Å². The number of rotatable bonds is 7. The standard InChI is InChI=1S/C26H25FN6O3/c1-4-11-36-21-10-7-17(12-22(21)35-3)19-13-23(34)30-25-24(19)15(2)32-33(25)26-29-20(14-28-31-26)16-5-8-18(27)9-6-16/h5-10,12,14,19H,4,11,13H2,1-3H3,(H,30,34)/t19-/m1/s1. The molecule has 9 nitrogen and oxygen atoms in total. The Morgan fingerprint density at radius 3 is 2.72 bits per heavy atom. The number of carbonyl (C=O) groups excluding carboxylic acids is 1. The first-order valence-corrected chi connectivity index (χ1v) is 11.6. The summed E-state index contributed by atoms with van der Waals surface area (Å²) in [6.45, 7) is 4.51. The first-order chi connectivity index (χ1) is 17.5. The average molecular weight is 489 g/mol. The van der Waals surface area contributed by atoms with Crippen LogP contribution in [0, 0.1) is 12.7 Å². The lowest BCUT2D eigenvalue weighted by Crippen LogP contribution is -2.25. The number of aryl methyl sites for hydroxylation is 1. The summed E-state index contributed by atoms with van der Waals surface area (Å²) in [6.07, 6.45) is 2.64. The number of hydrogen-bond donors (Lipinski definition) is 1. The molecule has 10 heteroatoms. The zero-order valence-corrected chi connectivity index (χ0v) is 20.2. The molecule has 1 amide bonds. The molecular formula is C26H25FN6O3. The molecule has 5 rings (SSSR count). The fourth-order valence-corrected chi connectivity index (χ4v) is 4.35. The van der Waals surface area contributed by atoms with Crippen molar-refractivity contribution in [2.24, 2.45) is 0 Å². The van der Waals surface area contributed by atoms with Crippen LogP contribution in [0.1, 0.15) is 42.5 Å². The van der Waals surface area contributed by atoms with E-state index < -0.39 is 0 Å². The zero-order chi connectivity index (χ0) is 25.2. The Labute approximate surface area is 207 Å². The molecule has 0 radical (unpaired) electrons. The van der Waals surface area contributed by atoms with E-state index in [0.29, 0.717) is 35.2 Å². The maximum atomic E-state index is 13.4. The average Bonchev–Trinajstić information content (AvgIpc) is 3.23. The summed E-state index contributed by atoms with van der Waals surface area (Å²) >= 11 is 0. The fraction of sp³-hybridized carbons (Fsp3) is 0.269. The Hall–Kier alpha value is -4.34. The number of ether oxygens (including phenoxy) is 2. The van der Waals surface area contributed by atoms with E-state index in [1.54, 1.807) is 19.2 Å². The van der Waals surface area contributed by atoms with Crippen molar-refractivity contribution >= 4 is 11.7 Å². The summed E-state index contributed by atoms with van der Waals surface area (Å²) in [7, 11) is 1.60. The van der Waals surface area contributed by atoms with Gasteiger partial charge in [-0.2, -0.15) is 14.9 Å². The van der Waals surface area contributed by atoms with E-state index in [2.05, 4.69) is 25.6 Å². The number of hydrogen-bond acceptors (Lipinski definition) is 7. The number of halogens is 1. The van der Waals surface area contributed by atoms with Gasteiger partial charge in [-0.1, -0.05) is 13.0 Å². The third-order valence-corrected chi connectivity index (χ3v) is 6.03. The Balaban J connectivity index is 1.55. The largest absolute Gasteiger partial charge is 0.493 e. The maximum Gasteiger partial charge on any atom is 0.272 e.